The standard InChI is InChI=1S/C12H6Cl2N2O/c13-8-1-2-9(10(14)4-8)11-3-7(5-15)12(17)6-16-11/h1-4,6,17H. The zero-order valence-corrected chi connectivity index (χ0v) is 10.00. The molecule has 0 aliphatic carbocycles. The van der Waals surface area contributed by atoms with Crippen LogP contribution < -0.4 is 0 Å². The van der Waals surface area contributed by atoms with Crippen LogP contribution in [0.2, 0.25) is 10.0 Å². The van der Waals surface area contributed by atoms with Crippen LogP contribution in [-0.4, -0.2) is 10.1 Å². The van der Waals surface area contributed by atoms with E-state index in [1.165, 1.54) is 12.3 Å². The van der Waals surface area contributed by atoms with Crippen LogP contribution in [0.4, 0.5) is 0 Å². The predicted molar refractivity (Wildman–Crippen MR) is 66.1 cm³/mol. The Labute approximate surface area is 108 Å². The van der Waals surface area contributed by atoms with E-state index >= 15 is 0 Å². The van der Waals surface area contributed by atoms with Crippen LogP contribution in [-0.2, 0) is 0 Å². The molecular weight excluding hydrogens is 259 g/mol. The van der Waals surface area contributed by atoms with E-state index in [1.54, 1.807) is 18.2 Å². The van der Waals surface area contributed by atoms with Gasteiger partial charge in [-0.25, -0.2) is 0 Å². The number of aromatic hydroxyl groups is 1. The lowest BCUT2D eigenvalue weighted by atomic mass is 10.1. The van der Waals surface area contributed by atoms with E-state index in [0.29, 0.717) is 21.3 Å². The minimum absolute atomic E-state index is 0.152. The first kappa shape index (κ1) is 11.7. The van der Waals surface area contributed by atoms with Gasteiger partial charge in [0.2, 0.25) is 0 Å². The fourth-order valence-corrected chi connectivity index (χ4v) is 1.89. The van der Waals surface area contributed by atoms with E-state index in [1.807, 2.05) is 6.07 Å². The highest BCUT2D eigenvalue weighted by atomic mass is 35.5. The van der Waals surface area contributed by atoms with Gasteiger partial charge in [-0.05, 0) is 24.3 Å². The molecule has 2 rings (SSSR count). The van der Waals surface area contributed by atoms with Gasteiger partial charge in [0.15, 0.2) is 5.75 Å². The predicted octanol–water partition coefficient (Wildman–Crippen LogP) is 3.63. The summed E-state index contributed by atoms with van der Waals surface area (Å²) in [5, 5.41) is 19.1. The smallest absolute Gasteiger partial charge is 0.151 e. The van der Waals surface area contributed by atoms with Crippen LogP contribution in [0, 0.1) is 11.3 Å². The summed E-state index contributed by atoms with van der Waals surface area (Å²) in [6.07, 6.45) is 1.22. The number of halogens is 2. The van der Waals surface area contributed by atoms with Crippen molar-refractivity contribution in [1.82, 2.24) is 4.98 Å². The Balaban J connectivity index is 2.58. The summed E-state index contributed by atoms with van der Waals surface area (Å²) in [6, 6.07) is 8.35. The SMILES string of the molecule is N#Cc1cc(-c2ccc(Cl)cc2Cl)ncc1O. The zero-order chi connectivity index (χ0) is 12.4. The monoisotopic (exact) mass is 264 g/mol. The van der Waals surface area contributed by atoms with E-state index in [4.69, 9.17) is 28.5 Å². The molecular formula is C12H6Cl2N2O. The van der Waals surface area contributed by atoms with Gasteiger partial charge in [-0.3, -0.25) is 4.98 Å². The molecule has 0 fully saturated rings. The molecule has 0 saturated carbocycles. The third kappa shape index (κ3) is 2.33. The molecule has 1 aromatic carbocycles. The van der Waals surface area contributed by atoms with Crippen molar-refractivity contribution in [3.05, 3.63) is 46.1 Å². The Hall–Kier alpha value is -1.76. The summed E-state index contributed by atoms with van der Waals surface area (Å²) in [4.78, 5) is 4.02. The second kappa shape index (κ2) is 4.62. The largest absolute Gasteiger partial charge is 0.505 e. The molecule has 84 valence electrons. The quantitative estimate of drug-likeness (QED) is 0.856. The lowest BCUT2D eigenvalue weighted by Gasteiger charge is -2.05. The molecule has 0 amide bonds. The summed E-state index contributed by atoms with van der Waals surface area (Å²) in [6.45, 7) is 0. The van der Waals surface area contributed by atoms with Crippen LogP contribution in [0.25, 0.3) is 11.3 Å². The molecule has 1 heterocycles. The van der Waals surface area contributed by atoms with Crippen LogP contribution >= 0.6 is 23.2 Å². The minimum atomic E-state index is -0.152. The number of nitriles is 1. The van der Waals surface area contributed by atoms with Crippen molar-refractivity contribution >= 4 is 23.2 Å². The van der Waals surface area contributed by atoms with Gasteiger partial charge in [0, 0.05) is 10.6 Å². The van der Waals surface area contributed by atoms with Gasteiger partial charge >= 0.3 is 0 Å². The number of pyridine rings is 1. The molecule has 3 nitrogen and oxygen atoms in total. The average molecular weight is 265 g/mol. The van der Waals surface area contributed by atoms with E-state index in [0.717, 1.165) is 0 Å². The number of aromatic nitrogens is 1. The van der Waals surface area contributed by atoms with Crippen molar-refractivity contribution in [2.45, 2.75) is 0 Å². The van der Waals surface area contributed by atoms with Crippen molar-refractivity contribution < 1.29 is 5.11 Å². The maximum absolute atomic E-state index is 9.36. The van der Waals surface area contributed by atoms with E-state index in [9.17, 15) is 5.11 Å². The summed E-state index contributed by atoms with van der Waals surface area (Å²) in [5.74, 6) is -0.152. The van der Waals surface area contributed by atoms with Gasteiger partial charge < -0.3 is 5.11 Å². The number of nitrogens with zero attached hydrogens (tertiary/aromatic N) is 2. The molecule has 0 spiro atoms. The van der Waals surface area contributed by atoms with E-state index in [-0.39, 0.29) is 11.3 Å². The second-order valence-electron chi connectivity index (χ2n) is 3.32. The molecule has 0 aliphatic rings. The summed E-state index contributed by atoms with van der Waals surface area (Å²) in [5.41, 5.74) is 1.33. The minimum Gasteiger partial charge on any atom is -0.505 e. The molecule has 0 bridgehead atoms. The number of rotatable bonds is 1. The van der Waals surface area contributed by atoms with Crippen molar-refractivity contribution in [2.24, 2.45) is 0 Å². The molecule has 0 saturated heterocycles. The van der Waals surface area contributed by atoms with Crippen LogP contribution in [0.3, 0.4) is 0 Å². The van der Waals surface area contributed by atoms with Crippen LogP contribution in [0.1, 0.15) is 5.56 Å². The summed E-state index contributed by atoms with van der Waals surface area (Å²) in [7, 11) is 0. The van der Waals surface area contributed by atoms with Crippen molar-refractivity contribution in [1.29, 1.82) is 5.26 Å². The average Bonchev–Trinajstić information content (AvgIpc) is 2.30. The third-order valence-electron chi connectivity index (χ3n) is 2.21. The highest BCUT2D eigenvalue weighted by Gasteiger charge is 2.09. The Morgan fingerprint density at radius 1 is 1.24 bits per heavy atom. The van der Waals surface area contributed by atoms with Crippen molar-refractivity contribution in [2.75, 3.05) is 0 Å². The molecule has 1 aromatic heterocycles. The Morgan fingerprint density at radius 2 is 2.00 bits per heavy atom. The summed E-state index contributed by atoms with van der Waals surface area (Å²) < 4.78 is 0. The lowest BCUT2D eigenvalue weighted by molar-refractivity contribution is 0.471. The summed E-state index contributed by atoms with van der Waals surface area (Å²) >= 11 is 11.8. The van der Waals surface area contributed by atoms with Crippen molar-refractivity contribution in [3.8, 4) is 23.1 Å². The normalized spacial score (nSPS) is 9.94. The highest BCUT2D eigenvalue weighted by Crippen LogP contribution is 2.30. The number of hydrogen-bond acceptors (Lipinski definition) is 3. The maximum atomic E-state index is 9.36. The highest BCUT2D eigenvalue weighted by molar-refractivity contribution is 6.36. The first-order valence-electron chi connectivity index (χ1n) is 4.66. The molecule has 0 atom stereocenters. The maximum Gasteiger partial charge on any atom is 0.151 e. The fourth-order valence-electron chi connectivity index (χ4n) is 1.38. The van der Waals surface area contributed by atoms with Gasteiger partial charge in [-0.2, -0.15) is 5.26 Å². The first-order valence-corrected chi connectivity index (χ1v) is 5.42. The molecule has 0 unspecified atom stereocenters. The molecule has 17 heavy (non-hydrogen) atoms. The molecule has 0 aliphatic heterocycles. The lowest BCUT2D eigenvalue weighted by Crippen LogP contribution is -1.87. The van der Waals surface area contributed by atoms with E-state index in [2.05, 4.69) is 4.98 Å². The Kier molecular flexibility index (Phi) is 3.19. The van der Waals surface area contributed by atoms with Crippen molar-refractivity contribution in [3.63, 3.8) is 0 Å². The molecule has 2 aromatic rings. The van der Waals surface area contributed by atoms with Crippen LogP contribution in [0.15, 0.2) is 30.5 Å². The Morgan fingerprint density at radius 3 is 2.65 bits per heavy atom. The fraction of sp³-hybridized carbons (Fsp3) is 0. The molecule has 1 N–H and O–H groups in total. The van der Waals surface area contributed by atoms with Gasteiger partial charge in [-0.1, -0.05) is 23.2 Å². The number of benzene rings is 1. The van der Waals surface area contributed by atoms with E-state index < -0.39 is 0 Å². The van der Waals surface area contributed by atoms with Gasteiger partial charge in [-0.15, -0.1) is 0 Å². The third-order valence-corrected chi connectivity index (χ3v) is 2.76. The second-order valence-corrected chi connectivity index (χ2v) is 4.17. The van der Waals surface area contributed by atoms with Gasteiger partial charge in [0.25, 0.3) is 0 Å². The molecule has 0 radical (unpaired) electrons. The Bertz CT molecular complexity index is 620. The van der Waals surface area contributed by atoms with Crippen LogP contribution in [0.5, 0.6) is 5.75 Å². The zero-order valence-electron chi connectivity index (χ0n) is 8.48. The number of hydrogen-bond donors (Lipinski definition) is 1. The van der Waals surface area contributed by atoms with Gasteiger partial charge in [0.05, 0.1) is 22.5 Å². The van der Waals surface area contributed by atoms with Gasteiger partial charge in [0.1, 0.15) is 6.07 Å². The molecule has 5 heteroatoms. The topological polar surface area (TPSA) is 56.9 Å². The first-order chi connectivity index (χ1) is 8.11.